The quantitative estimate of drug-likeness (QED) is 0.793. The molecule has 2 aromatic carbocycles. The number of fused-ring (bicyclic) bond motifs is 1. The predicted octanol–water partition coefficient (Wildman–Crippen LogP) is 3.49. The molecular weight excluding hydrogens is 390 g/mol. The molecule has 10 heteroatoms. The summed E-state index contributed by atoms with van der Waals surface area (Å²) >= 11 is 0. The fourth-order valence-corrected chi connectivity index (χ4v) is 4.28. The summed E-state index contributed by atoms with van der Waals surface area (Å²) in [5.41, 5.74) is -1.40. The highest BCUT2D eigenvalue weighted by molar-refractivity contribution is 7.92. The number of rotatable bonds is 4. The van der Waals surface area contributed by atoms with E-state index in [1.165, 1.54) is 12.1 Å². The molecule has 1 N–H and O–H groups in total. The van der Waals surface area contributed by atoms with Crippen molar-refractivity contribution in [3.05, 3.63) is 58.7 Å². The molecule has 3 rings (SSSR count). The molecule has 1 aliphatic rings. The van der Waals surface area contributed by atoms with Gasteiger partial charge in [0.15, 0.2) is 6.10 Å². The van der Waals surface area contributed by atoms with Gasteiger partial charge in [-0.1, -0.05) is 12.1 Å². The Morgan fingerprint density at radius 2 is 1.96 bits per heavy atom. The standard InChI is InChI=1S/C17H11F4NO4S/c18-16(19)13-11(26-8-10-3-1-2-9(6-10)7-22)4-5-12-14(13)15(23)17(20,21)27(12,24)25/h1-6,15-16,23H,8H2/t15-/m1/s1. The Kier molecular flexibility index (Phi) is 4.61. The van der Waals surface area contributed by atoms with Gasteiger partial charge in [0, 0.05) is 5.56 Å². The minimum absolute atomic E-state index is 0.271. The van der Waals surface area contributed by atoms with E-state index >= 15 is 0 Å². The predicted molar refractivity (Wildman–Crippen MR) is 84.0 cm³/mol. The minimum Gasteiger partial charge on any atom is -0.488 e. The number of alkyl halides is 4. The Morgan fingerprint density at radius 1 is 1.26 bits per heavy atom. The Morgan fingerprint density at radius 3 is 2.59 bits per heavy atom. The van der Waals surface area contributed by atoms with E-state index in [0.717, 1.165) is 6.07 Å². The third kappa shape index (κ3) is 2.93. The van der Waals surface area contributed by atoms with Crippen LogP contribution >= 0.6 is 0 Å². The second-order valence-electron chi connectivity index (χ2n) is 5.76. The molecule has 142 valence electrons. The van der Waals surface area contributed by atoms with Crippen molar-refractivity contribution in [2.75, 3.05) is 0 Å². The number of sulfone groups is 1. The van der Waals surface area contributed by atoms with Crippen molar-refractivity contribution in [1.29, 1.82) is 5.26 Å². The molecular formula is C17H11F4NO4S. The van der Waals surface area contributed by atoms with Crippen molar-refractivity contribution in [1.82, 2.24) is 0 Å². The van der Waals surface area contributed by atoms with Gasteiger partial charge in [0.05, 0.1) is 22.1 Å². The van der Waals surface area contributed by atoms with E-state index in [1.54, 1.807) is 12.1 Å². The molecule has 2 aromatic rings. The first-order valence-electron chi connectivity index (χ1n) is 7.48. The molecule has 0 aromatic heterocycles. The lowest BCUT2D eigenvalue weighted by molar-refractivity contribution is -0.0392. The van der Waals surface area contributed by atoms with Crippen LogP contribution in [-0.2, 0) is 16.4 Å². The van der Waals surface area contributed by atoms with Crippen molar-refractivity contribution < 1.29 is 35.8 Å². The van der Waals surface area contributed by atoms with Gasteiger partial charge in [-0.25, -0.2) is 17.2 Å². The van der Waals surface area contributed by atoms with Crippen molar-refractivity contribution in [3.8, 4) is 11.8 Å². The van der Waals surface area contributed by atoms with Crippen LogP contribution in [0.5, 0.6) is 5.75 Å². The molecule has 0 radical (unpaired) electrons. The smallest absolute Gasteiger partial charge is 0.379 e. The van der Waals surface area contributed by atoms with Crippen LogP contribution in [0.25, 0.3) is 0 Å². The molecule has 27 heavy (non-hydrogen) atoms. The lowest BCUT2D eigenvalue weighted by Gasteiger charge is -2.17. The summed E-state index contributed by atoms with van der Waals surface area (Å²) in [6.45, 7) is -0.271. The summed E-state index contributed by atoms with van der Waals surface area (Å²) in [7, 11) is -5.29. The zero-order valence-corrected chi connectivity index (χ0v) is 14.2. The van der Waals surface area contributed by atoms with Crippen LogP contribution in [-0.4, -0.2) is 18.8 Å². The number of ether oxygens (including phenoxy) is 1. The van der Waals surface area contributed by atoms with E-state index in [9.17, 15) is 31.1 Å². The molecule has 0 bridgehead atoms. The summed E-state index contributed by atoms with van der Waals surface area (Å²) in [4.78, 5) is -1.05. The fourth-order valence-electron chi connectivity index (χ4n) is 2.82. The summed E-state index contributed by atoms with van der Waals surface area (Å²) in [6.07, 6.45) is -6.29. The number of halogens is 4. The molecule has 0 fully saturated rings. The highest BCUT2D eigenvalue weighted by Crippen LogP contribution is 2.53. The Hall–Kier alpha value is -2.64. The van der Waals surface area contributed by atoms with Gasteiger partial charge in [-0.05, 0) is 29.8 Å². The number of hydrogen-bond donors (Lipinski definition) is 1. The van der Waals surface area contributed by atoms with E-state index in [0.29, 0.717) is 17.2 Å². The van der Waals surface area contributed by atoms with Crippen LogP contribution in [0, 0.1) is 11.3 Å². The molecule has 0 saturated heterocycles. The first-order valence-corrected chi connectivity index (χ1v) is 8.97. The first-order chi connectivity index (χ1) is 12.6. The van der Waals surface area contributed by atoms with E-state index in [4.69, 9.17) is 10.00 Å². The fraction of sp³-hybridized carbons (Fsp3) is 0.235. The van der Waals surface area contributed by atoms with Gasteiger partial charge >= 0.3 is 5.25 Å². The van der Waals surface area contributed by atoms with E-state index < -0.39 is 49.4 Å². The maximum atomic E-state index is 13.9. The Labute approximate surface area is 151 Å². The zero-order valence-electron chi connectivity index (χ0n) is 13.4. The second-order valence-corrected chi connectivity index (χ2v) is 7.75. The molecule has 0 unspecified atom stereocenters. The van der Waals surface area contributed by atoms with Gasteiger partial charge in [0.25, 0.3) is 6.43 Å². The highest BCUT2D eigenvalue weighted by Gasteiger charge is 2.61. The topological polar surface area (TPSA) is 87.4 Å². The number of benzene rings is 2. The molecule has 0 saturated carbocycles. The number of aliphatic hydroxyl groups is 1. The normalized spacial score (nSPS) is 19.5. The number of aliphatic hydroxyl groups excluding tert-OH is 1. The van der Waals surface area contributed by atoms with Crippen LogP contribution in [0.4, 0.5) is 17.6 Å². The second kappa shape index (κ2) is 6.51. The van der Waals surface area contributed by atoms with Gasteiger partial charge in [-0.15, -0.1) is 0 Å². The van der Waals surface area contributed by atoms with Crippen molar-refractivity contribution in [3.63, 3.8) is 0 Å². The van der Waals surface area contributed by atoms with E-state index in [-0.39, 0.29) is 6.61 Å². The molecule has 0 amide bonds. The van der Waals surface area contributed by atoms with E-state index in [1.807, 2.05) is 6.07 Å². The summed E-state index contributed by atoms with van der Waals surface area (Å²) in [5.74, 6) is -0.530. The third-order valence-electron chi connectivity index (χ3n) is 4.12. The van der Waals surface area contributed by atoms with Gasteiger partial charge in [0.1, 0.15) is 12.4 Å². The van der Waals surface area contributed by atoms with E-state index in [2.05, 4.69) is 0 Å². The average Bonchev–Trinajstić information content (AvgIpc) is 2.77. The molecule has 5 nitrogen and oxygen atoms in total. The van der Waals surface area contributed by atoms with Gasteiger partial charge in [0.2, 0.25) is 9.84 Å². The summed E-state index contributed by atoms with van der Waals surface area (Å²) in [6, 6.07) is 9.53. The van der Waals surface area contributed by atoms with Crippen molar-refractivity contribution in [2.45, 2.75) is 29.3 Å². The lowest BCUT2D eigenvalue weighted by atomic mass is 10.0. The third-order valence-corrected chi connectivity index (χ3v) is 5.99. The highest BCUT2D eigenvalue weighted by atomic mass is 32.2. The van der Waals surface area contributed by atoms with Crippen LogP contribution in [0.2, 0.25) is 0 Å². The Bertz CT molecular complexity index is 1050. The SMILES string of the molecule is N#Cc1cccc(COc2ccc3c(c2C(F)F)[C@@H](O)C(F)(F)S3(=O)=O)c1. The molecule has 0 aliphatic carbocycles. The average molecular weight is 401 g/mol. The molecule has 0 spiro atoms. The molecule has 1 aliphatic heterocycles. The van der Waals surface area contributed by atoms with Crippen LogP contribution in [0.15, 0.2) is 41.3 Å². The minimum atomic E-state index is -5.29. The van der Waals surface area contributed by atoms with Crippen LogP contribution in [0.3, 0.4) is 0 Å². The van der Waals surface area contributed by atoms with Crippen molar-refractivity contribution >= 4 is 9.84 Å². The summed E-state index contributed by atoms with van der Waals surface area (Å²) in [5, 5.41) is 13.9. The van der Waals surface area contributed by atoms with Gasteiger partial charge < -0.3 is 9.84 Å². The van der Waals surface area contributed by atoms with Crippen LogP contribution < -0.4 is 4.74 Å². The zero-order chi connectivity index (χ0) is 20.0. The molecule has 1 heterocycles. The summed E-state index contributed by atoms with van der Waals surface area (Å²) < 4.78 is 83.7. The van der Waals surface area contributed by atoms with Gasteiger partial charge in [-0.3, -0.25) is 0 Å². The number of hydrogen-bond acceptors (Lipinski definition) is 5. The number of nitrogens with zero attached hydrogens (tertiary/aromatic N) is 1. The van der Waals surface area contributed by atoms with Crippen molar-refractivity contribution in [2.24, 2.45) is 0 Å². The maximum absolute atomic E-state index is 13.9. The molecule has 1 atom stereocenters. The number of nitriles is 1. The van der Waals surface area contributed by atoms with Crippen LogP contribution in [0.1, 0.15) is 34.8 Å². The largest absolute Gasteiger partial charge is 0.488 e. The maximum Gasteiger partial charge on any atom is 0.379 e. The monoisotopic (exact) mass is 401 g/mol. The first kappa shape index (κ1) is 19.1. The van der Waals surface area contributed by atoms with Gasteiger partial charge in [-0.2, -0.15) is 14.0 Å². The lowest BCUT2D eigenvalue weighted by Crippen LogP contribution is -2.28. The Balaban J connectivity index is 2.04.